The maximum absolute atomic E-state index is 14.8. The summed E-state index contributed by atoms with van der Waals surface area (Å²) in [5, 5.41) is 15.9. The van der Waals surface area contributed by atoms with Gasteiger partial charge in [-0.15, -0.1) is 0 Å². The second-order valence-electron chi connectivity index (χ2n) is 8.50. The molecule has 1 aliphatic rings. The molecule has 2 aromatic carbocycles. The van der Waals surface area contributed by atoms with Crippen LogP contribution in [0.2, 0.25) is 0 Å². The van der Waals surface area contributed by atoms with Crippen molar-refractivity contribution in [2.75, 3.05) is 26.4 Å². The van der Waals surface area contributed by atoms with Crippen LogP contribution in [0.25, 0.3) is 5.70 Å². The lowest BCUT2D eigenvalue weighted by molar-refractivity contribution is 0.0919. The molecule has 2 aromatic rings. The normalized spacial score (nSPS) is 20.6. The van der Waals surface area contributed by atoms with Gasteiger partial charge in [0, 0.05) is 48.9 Å². The minimum Gasteiger partial charge on any atom is -0.386 e. The molecule has 37 heavy (non-hydrogen) atoms. The van der Waals surface area contributed by atoms with Crippen molar-refractivity contribution in [3.63, 3.8) is 0 Å². The largest absolute Gasteiger partial charge is 0.386 e. The summed E-state index contributed by atoms with van der Waals surface area (Å²) < 4.78 is 68.8. The molecule has 13 heteroatoms. The van der Waals surface area contributed by atoms with Crippen molar-refractivity contribution in [1.29, 1.82) is 5.41 Å². The number of carbonyl (C=O) groups excluding carboxylic acids is 1. The van der Waals surface area contributed by atoms with Crippen LogP contribution in [0.4, 0.5) is 13.2 Å². The van der Waals surface area contributed by atoms with Crippen LogP contribution in [0.1, 0.15) is 33.8 Å². The van der Waals surface area contributed by atoms with E-state index in [1.165, 1.54) is 32.3 Å². The molecule has 3 rings (SSSR count). The quantitative estimate of drug-likeness (QED) is 0.303. The minimum absolute atomic E-state index is 0.00611. The van der Waals surface area contributed by atoms with Crippen LogP contribution >= 0.6 is 11.6 Å². The Morgan fingerprint density at radius 1 is 1.14 bits per heavy atom. The zero-order valence-corrected chi connectivity index (χ0v) is 21.6. The summed E-state index contributed by atoms with van der Waals surface area (Å²) in [4.78, 5) is 13.0. The van der Waals surface area contributed by atoms with E-state index in [0.717, 1.165) is 24.4 Å². The highest BCUT2D eigenvalue weighted by Crippen LogP contribution is 2.30. The Hall–Kier alpha value is -2.93. The Balaban J connectivity index is 1.87. The molecule has 200 valence electrons. The van der Waals surface area contributed by atoms with E-state index in [-0.39, 0.29) is 40.6 Å². The van der Waals surface area contributed by atoms with Gasteiger partial charge in [0.05, 0.1) is 16.5 Å². The molecule has 1 unspecified atom stereocenters. The second kappa shape index (κ2) is 12.1. The fraction of sp³-hybridized carbons (Fsp3) is 0.333. The summed E-state index contributed by atoms with van der Waals surface area (Å²) in [6.45, 7) is 0.140. The van der Waals surface area contributed by atoms with E-state index in [4.69, 9.17) is 17.0 Å². The monoisotopic (exact) mass is 557 g/mol. The molecule has 0 radical (unpaired) electrons. The molecular weight excluding hydrogens is 531 g/mol. The van der Waals surface area contributed by atoms with E-state index in [2.05, 4.69) is 20.7 Å². The van der Waals surface area contributed by atoms with Gasteiger partial charge < -0.3 is 21.4 Å². The standard InChI is InChI=1S/C24H27ClF3N5O3S/c1-30-23(18(25)10-29)16-5-3-14(8-20(16)27)24(34)33-22-11-32-15(12-37(35,36)31-2)9-17(22)13-4-6-19(26)21(28)7-13/h3-8,10,15,17,22,29-32H,9,11-12H2,1-2H3,(H,33,34)/b23-18+,29-10?/t15?,17-,22+/m0/s1. The van der Waals surface area contributed by atoms with Crippen LogP contribution in [0.5, 0.6) is 0 Å². The third kappa shape index (κ3) is 6.89. The average Bonchev–Trinajstić information content (AvgIpc) is 2.87. The van der Waals surface area contributed by atoms with Gasteiger partial charge in [-0.1, -0.05) is 17.7 Å². The van der Waals surface area contributed by atoms with Crippen LogP contribution in [0, 0.1) is 22.9 Å². The van der Waals surface area contributed by atoms with Gasteiger partial charge in [0.25, 0.3) is 5.91 Å². The van der Waals surface area contributed by atoms with Gasteiger partial charge in [-0.05, 0) is 49.4 Å². The highest BCUT2D eigenvalue weighted by Gasteiger charge is 2.35. The van der Waals surface area contributed by atoms with Gasteiger partial charge in [-0.25, -0.2) is 26.3 Å². The van der Waals surface area contributed by atoms with Gasteiger partial charge in [0.2, 0.25) is 10.0 Å². The fourth-order valence-corrected chi connectivity index (χ4v) is 5.44. The predicted octanol–water partition coefficient (Wildman–Crippen LogP) is 2.67. The number of benzene rings is 2. The van der Waals surface area contributed by atoms with Crippen molar-refractivity contribution in [1.82, 2.24) is 20.7 Å². The van der Waals surface area contributed by atoms with Crippen molar-refractivity contribution in [3.05, 3.63) is 75.6 Å². The first-order valence-corrected chi connectivity index (χ1v) is 13.3. The van der Waals surface area contributed by atoms with E-state index in [1.54, 1.807) is 0 Å². The van der Waals surface area contributed by atoms with E-state index in [0.29, 0.717) is 5.56 Å². The van der Waals surface area contributed by atoms with E-state index in [9.17, 15) is 26.4 Å². The number of carbonyl (C=O) groups is 1. The topological polar surface area (TPSA) is 123 Å². The Labute approximate surface area is 218 Å². The predicted molar refractivity (Wildman–Crippen MR) is 137 cm³/mol. The van der Waals surface area contributed by atoms with Crippen LogP contribution < -0.4 is 20.7 Å². The summed E-state index contributed by atoms with van der Waals surface area (Å²) >= 11 is 5.95. The summed E-state index contributed by atoms with van der Waals surface area (Å²) in [6.07, 6.45) is 1.07. The molecule has 0 saturated carbocycles. The summed E-state index contributed by atoms with van der Waals surface area (Å²) in [6, 6.07) is 6.04. The molecule has 0 aromatic heterocycles. The molecule has 1 fully saturated rings. The summed E-state index contributed by atoms with van der Waals surface area (Å²) in [5.74, 6) is -4.23. The van der Waals surface area contributed by atoms with Crippen LogP contribution in [0.15, 0.2) is 41.4 Å². The number of sulfonamides is 1. The number of halogens is 4. The van der Waals surface area contributed by atoms with Crippen molar-refractivity contribution in [2.45, 2.75) is 24.4 Å². The Bertz CT molecular complexity index is 1320. The molecule has 1 saturated heterocycles. The first-order valence-electron chi connectivity index (χ1n) is 11.3. The van der Waals surface area contributed by atoms with Gasteiger partial charge >= 0.3 is 0 Å². The van der Waals surface area contributed by atoms with Crippen molar-refractivity contribution in [3.8, 4) is 0 Å². The smallest absolute Gasteiger partial charge is 0.251 e. The van der Waals surface area contributed by atoms with Gasteiger partial charge in [0.1, 0.15) is 5.82 Å². The van der Waals surface area contributed by atoms with Gasteiger partial charge in [-0.3, -0.25) is 4.79 Å². The number of piperidine rings is 1. The molecular formula is C24H27ClF3N5O3S. The maximum atomic E-state index is 14.8. The highest BCUT2D eigenvalue weighted by atomic mass is 35.5. The maximum Gasteiger partial charge on any atom is 0.251 e. The molecule has 1 aliphatic heterocycles. The van der Waals surface area contributed by atoms with Crippen LogP contribution in [0.3, 0.4) is 0 Å². The third-order valence-electron chi connectivity index (χ3n) is 6.19. The summed E-state index contributed by atoms with van der Waals surface area (Å²) in [7, 11) is -0.740. The third-order valence-corrected chi connectivity index (χ3v) is 7.95. The van der Waals surface area contributed by atoms with Crippen molar-refractivity contribution < 1.29 is 26.4 Å². The zero-order chi connectivity index (χ0) is 27.3. The average molecular weight is 558 g/mol. The van der Waals surface area contributed by atoms with E-state index in [1.807, 2.05) is 0 Å². The minimum atomic E-state index is -3.56. The van der Waals surface area contributed by atoms with Crippen LogP contribution in [-0.2, 0) is 10.0 Å². The Morgan fingerprint density at radius 2 is 1.86 bits per heavy atom. The SMILES string of the molecule is CN/C(=C(/Cl)C=N)c1ccc(C(=O)N[C@@H]2CNC(CS(=O)(=O)NC)C[C@H]2c2ccc(F)c(F)c2)cc1F. The number of hydrogen-bond acceptors (Lipinski definition) is 6. The summed E-state index contributed by atoms with van der Waals surface area (Å²) in [5.41, 5.74) is 0.648. The highest BCUT2D eigenvalue weighted by molar-refractivity contribution is 7.89. The van der Waals surface area contributed by atoms with Gasteiger partial charge in [0.15, 0.2) is 11.6 Å². The van der Waals surface area contributed by atoms with E-state index < -0.39 is 51.4 Å². The lowest BCUT2D eigenvalue weighted by atomic mass is 9.83. The van der Waals surface area contributed by atoms with Crippen molar-refractivity contribution in [2.24, 2.45) is 0 Å². The Morgan fingerprint density at radius 3 is 2.46 bits per heavy atom. The first kappa shape index (κ1) is 28.6. The van der Waals surface area contributed by atoms with Crippen molar-refractivity contribution >= 4 is 39.4 Å². The molecule has 8 nitrogen and oxygen atoms in total. The Kier molecular flexibility index (Phi) is 9.35. The molecule has 0 spiro atoms. The molecule has 0 bridgehead atoms. The van der Waals surface area contributed by atoms with Gasteiger partial charge in [-0.2, -0.15) is 0 Å². The molecule has 5 N–H and O–H groups in total. The number of hydrogen-bond donors (Lipinski definition) is 5. The van der Waals surface area contributed by atoms with Crippen LogP contribution in [-0.4, -0.2) is 59.0 Å². The molecule has 0 aliphatic carbocycles. The molecule has 1 amide bonds. The number of allylic oxidation sites excluding steroid dienone is 1. The fourth-order valence-electron chi connectivity index (χ4n) is 4.29. The lowest BCUT2D eigenvalue weighted by Crippen LogP contribution is -2.55. The number of nitrogens with one attached hydrogen (secondary N) is 5. The number of amides is 1. The lowest BCUT2D eigenvalue weighted by Gasteiger charge is -2.37. The van der Waals surface area contributed by atoms with E-state index >= 15 is 0 Å². The number of rotatable bonds is 9. The second-order valence-corrected chi connectivity index (χ2v) is 10.9. The first-order chi connectivity index (χ1) is 17.5. The molecule has 1 heterocycles. The zero-order valence-electron chi connectivity index (χ0n) is 20.0. The molecule has 3 atom stereocenters.